The highest BCUT2D eigenvalue weighted by atomic mass is 16.5. The van der Waals surface area contributed by atoms with Gasteiger partial charge in [0.05, 0.1) is 13.0 Å². The fourth-order valence-corrected chi connectivity index (χ4v) is 2.04. The van der Waals surface area contributed by atoms with Gasteiger partial charge in [-0.05, 0) is 18.8 Å². The molecule has 84 valence electrons. The lowest BCUT2D eigenvalue weighted by Crippen LogP contribution is -2.19. The van der Waals surface area contributed by atoms with Gasteiger partial charge in [-0.15, -0.1) is 6.58 Å². The maximum absolute atomic E-state index is 11.4. The van der Waals surface area contributed by atoms with E-state index in [-0.39, 0.29) is 29.9 Å². The molecule has 0 N–H and O–H groups in total. The highest BCUT2D eigenvalue weighted by Crippen LogP contribution is 2.35. The van der Waals surface area contributed by atoms with Crippen molar-refractivity contribution in [3.8, 4) is 0 Å². The fraction of sp³-hybridized carbons (Fsp3) is 0.636. The Morgan fingerprint density at radius 1 is 1.40 bits per heavy atom. The van der Waals surface area contributed by atoms with Crippen LogP contribution in [0.2, 0.25) is 0 Å². The van der Waals surface area contributed by atoms with Crippen molar-refractivity contribution in [3.63, 3.8) is 0 Å². The van der Waals surface area contributed by atoms with Crippen LogP contribution in [0, 0.1) is 11.8 Å². The first-order chi connectivity index (χ1) is 7.08. The Kier molecular flexibility index (Phi) is 3.88. The second kappa shape index (κ2) is 4.96. The molecular formula is C11H16O4. The monoisotopic (exact) mass is 212 g/mol. The minimum Gasteiger partial charge on any atom is -0.469 e. The number of allylic oxidation sites excluding steroid dienone is 1. The number of carbonyl (C=O) groups excluding carboxylic acids is 2. The molecule has 0 radical (unpaired) electrons. The van der Waals surface area contributed by atoms with Crippen molar-refractivity contribution < 1.29 is 19.1 Å². The second-order valence-corrected chi connectivity index (χ2v) is 3.73. The topological polar surface area (TPSA) is 52.6 Å². The first kappa shape index (κ1) is 11.8. The van der Waals surface area contributed by atoms with E-state index < -0.39 is 0 Å². The number of ether oxygens (including phenoxy) is 2. The van der Waals surface area contributed by atoms with E-state index in [4.69, 9.17) is 9.47 Å². The number of hydrogen-bond acceptors (Lipinski definition) is 4. The average molecular weight is 212 g/mol. The maximum Gasteiger partial charge on any atom is 0.309 e. The first-order valence-corrected chi connectivity index (χ1v) is 4.96. The molecule has 0 unspecified atom stereocenters. The zero-order valence-electron chi connectivity index (χ0n) is 9.06. The molecule has 0 saturated heterocycles. The molecule has 0 aromatic rings. The van der Waals surface area contributed by atoms with Crippen LogP contribution in [-0.4, -0.2) is 25.2 Å². The molecule has 1 rings (SSSR count). The van der Waals surface area contributed by atoms with Crippen molar-refractivity contribution in [2.24, 2.45) is 11.8 Å². The summed E-state index contributed by atoms with van der Waals surface area (Å²) in [7, 11) is 1.36. The summed E-state index contributed by atoms with van der Waals surface area (Å²) in [5.41, 5.74) is 0. The van der Waals surface area contributed by atoms with E-state index in [0.717, 1.165) is 0 Å². The normalized spacial score (nSPS) is 29.6. The van der Waals surface area contributed by atoms with Gasteiger partial charge in [-0.2, -0.15) is 0 Å². The van der Waals surface area contributed by atoms with E-state index in [1.165, 1.54) is 14.0 Å². The van der Waals surface area contributed by atoms with E-state index in [2.05, 4.69) is 6.58 Å². The van der Waals surface area contributed by atoms with Crippen molar-refractivity contribution in [1.82, 2.24) is 0 Å². The van der Waals surface area contributed by atoms with Crippen LogP contribution in [0.5, 0.6) is 0 Å². The summed E-state index contributed by atoms with van der Waals surface area (Å²) in [6.07, 6.45) is 2.73. The summed E-state index contributed by atoms with van der Waals surface area (Å²) in [6.45, 7) is 5.04. The lowest BCUT2D eigenvalue weighted by molar-refractivity contribution is -0.149. The van der Waals surface area contributed by atoms with Crippen molar-refractivity contribution in [1.29, 1.82) is 0 Å². The number of carbonyl (C=O) groups is 2. The molecule has 0 aliphatic heterocycles. The van der Waals surface area contributed by atoms with Crippen LogP contribution in [0.3, 0.4) is 0 Å². The summed E-state index contributed by atoms with van der Waals surface area (Å²) >= 11 is 0. The molecule has 0 aromatic heterocycles. The summed E-state index contributed by atoms with van der Waals surface area (Å²) in [5, 5.41) is 0. The van der Waals surface area contributed by atoms with Crippen LogP contribution in [-0.2, 0) is 19.1 Å². The van der Waals surface area contributed by atoms with E-state index in [9.17, 15) is 9.59 Å². The van der Waals surface area contributed by atoms with Crippen LogP contribution in [0.4, 0.5) is 0 Å². The molecule has 0 heterocycles. The standard InChI is InChI=1S/C11H16O4/c1-4-8-5-9(15-7(2)12)6-10(8)11(13)14-3/h4,8-10H,1,5-6H2,2-3H3/t8-,9+,10-/m1/s1. The zero-order chi connectivity index (χ0) is 11.4. The molecule has 3 atom stereocenters. The summed E-state index contributed by atoms with van der Waals surface area (Å²) in [6, 6.07) is 0. The molecule has 1 saturated carbocycles. The van der Waals surface area contributed by atoms with Gasteiger partial charge in [-0.25, -0.2) is 0 Å². The van der Waals surface area contributed by atoms with Crippen LogP contribution in [0.15, 0.2) is 12.7 Å². The molecule has 4 nitrogen and oxygen atoms in total. The third kappa shape index (κ3) is 2.81. The highest BCUT2D eigenvalue weighted by Gasteiger charge is 2.39. The molecule has 0 spiro atoms. The van der Waals surface area contributed by atoms with Gasteiger partial charge in [0.2, 0.25) is 0 Å². The fourth-order valence-electron chi connectivity index (χ4n) is 2.04. The molecule has 1 fully saturated rings. The molecule has 15 heavy (non-hydrogen) atoms. The summed E-state index contributed by atoms with van der Waals surface area (Å²) in [4.78, 5) is 22.2. The summed E-state index contributed by atoms with van der Waals surface area (Å²) < 4.78 is 9.77. The van der Waals surface area contributed by atoms with Gasteiger partial charge in [-0.1, -0.05) is 6.08 Å². The Bertz CT molecular complexity index is 272. The van der Waals surface area contributed by atoms with Crippen LogP contribution < -0.4 is 0 Å². The van der Waals surface area contributed by atoms with Crippen LogP contribution in [0.25, 0.3) is 0 Å². The van der Waals surface area contributed by atoms with Gasteiger partial charge in [0.15, 0.2) is 0 Å². The SMILES string of the molecule is C=C[C@@H]1C[C@H](OC(C)=O)C[C@H]1C(=O)OC. The lowest BCUT2D eigenvalue weighted by Gasteiger charge is -2.11. The van der Waals surface area contributed by atoms with Gasteiger partial charge < -0.3 is 9.47 Å². The van der Waals surface area contributed by atoms with E-state index in [0.29, 0.717) is 12.8 Å². The van der Waals surface area contributed by atoms with Gasteiger partial charge in [0.1, 0.15) is 6.10 Å². The highest BCUT2D eigenvalue weighted by molar-refractivity contribution is 5.73. The molecule has 1 aliphatic carbocycles. The van der Waals surface area contributed by atoms with Crippen LogP contribution >= 0.6 is 0 Å². The van der Waals surface area contributed by atoms with E-state index in [1.54, 1.807) is 6.08 Å². The van der Waals surface area contributed by atoms with Gasteiger partial charge in [-0.3, -0.25) is 9.59 Å². The first-order valence-electron chi connectivity index (χ1n) is 4.96. The molecule has 1 aliphatic rings. The number of hydrogen-bond donors (Lipinski definition) is 0. The van der Waals surface area contributed by atoms with E-state index in [1.807, 2.05) is 0 Å². The number of rotatable bonds is 3. The Morgan fingerprint density at radius 2 is 2.07 bits per heavy atom. The molecular weight excluding hydrogens is 196 g/mol. The molecule has 0 aromatic carbocycles. The predicted molar refractivity (Wildman–Crippen MR) is 54.0 cm³/mol. The van der Waals surface area contributed by atoms with Crippen molar-refractivity contribution >= 4 is 11.9 Å². The third-order valence-corrected chi connectivity index (χ3v) is 2.71. The van der Waals surface area contributed by atoms with E-state index >= 15 is 0 Å². The van der Waals surface area contributed by atoms with Crippen molar-refractivity contribution in [2.45, 2.75) is 25.9 Å². The smallest absolute Gasteiger partial charge is 0.309 e. The summed E-state index contributed by atoms with van der Waals surface area (Å²) in [5.74, 6) is -0.749. The van der Waals surface area contributed by atoms with Crippen molar-refractivity contribution in [2.75, 3.05) is 7.11 Å². The van der Waals surface area contributed by atoms with Gasteiger partial charge in [0.25, 0.3) is 0 Å². The second-order valence-electron chi connectivity index (χ2n) is 3.73. The lowest BCUT2D eigenvalue weighted by atomic mass is 9.97. The maximum atomic E-state index is 11.4. The Labute approximate surface area is 89.2 Å². The molecule has 0 bridgehead atoms. The molecule has 4 heteroatoms. The van der Waals surface area contributed by atoms with Gasteiger partial charge >= 0.3 is 11.9 Å². The third-order valence-electron chi connectivity index (χ3n) is 2.71. The van der Waals surface area contributed by atoms with Crippen molar-refractivity contribution in [3.05, 3.63) is 12.7 Å². The van der Waals surface area contributed by atoms with Gasteiger partial charge in [0, 0.05) is 6.92 Å². The quantitative estimate of drug-likeness (QED) is 0.522. The minimum absolute atomic E-state index is 0.0433. The zero-order valence-corrected chi connectivity index (χ0v) is 9.06. The minimum atomic E-state index is -0.312. The number of methoxy groups -OCH3 is 1. The van der Waals surface area contributed by atoms with Crippen LogP contribution in [0.1, 0.15) is 19.8 Å². The Morgan fingerprint density at radius 3 is 2.53 bits per heavy atom. The largest absolute Gasteiger partial charge is 0.469 e. The Hall–Kier alpha value is -1.32. The Balaban J connectivity index is 2.62. The number of esters is 2. The predicted octanol–water partition coefficient (Wildman–Crippen LogP) is 1.30. The average Bonchev–Trinajstić information content (AvgIpc) is 2.58. The molecule has 0 amide bonds.